The maximum Gasteiger partial charge on any atom is 0.410 e. The first-order valence-electron chi connectivity index (χ1n) is 26.5. The molecule has 4 aliphatic heterocycles. The maximum atomic E-state index is 13.3. The predicted molar refractivity (Wildman–Crippen MR) is 305 cm³/mol. The van der Waals surface area contributed by atoms with Gasteiger partial charge in [0, 0.05) is 94.2 Å². The third kappa shape index (κ3) is 13.2. The smallest absolute Gasteiger partial charge is 0.410 e. The fourth-order valence-electron chi connectivity index (χ4n) is 12.5. The van der Waals surface area contributed by atoms with E-state index in [4.69, 9.17) is 37.9 Å². The lowest BCUT2D eigenvalue weighted by Crippen LogP contribution is -2.44. The number of benzene rings is 2. The molecule has 10 rings (SSSR count). The van der Waals surface area contributed by atoms with Gasteiger partial charge in [0.1, 0.15) is 5.60 Å². The Kier molecular flexibility index (Phi) is 18.4. The molecular weight excluding hydrogens is 1220 g/mol. The lowest BCUT2D eigenvalue weighted by atomic mass is 9.76. The second-order valence-corrected chi connectivity index (χ2v) is 26.4. The second kappa shape index (κ2) is 24.4. The molecule has 1 N–H and O–H groups in total. The molecule has 0 bridgehead atoms. The van der Waals surface area contributed by atoms with E-state index in [2.05, 4.69) is 103 Å². The number of carbonyl (C=O) groups excluding carboxylic acids is 3. The van der Waals surface area contributed by atoms with E-state index in [9.17, 15) is 14.4 Å². The van der Waals surface area contributed by atoms with Crippen LogP contribution in [0.1, 0.15) is 142 Å². The van der Waals surface area contributed by atoms with Crippen LogP contribution in [-0.2, 0) is 40.0 Å². The van der Waals surface area contributed by atoms with Crippen molar-refractivity contribution in [3.8, 4) is 0 Å². The number of fused-ring (bicyclic) bond motifs is 4. The van der Waals surface area contributed by atoms with E-state index in [1.54, 1.807) is 4.90 Å². The molecule has 2 unspecified atom stereocenters. The Hall–Kier alpha value is -2.59. The Balaban J connectivity index is 0.000000183. The minimum Gasteiger partial charge on any atom is -0.444 e. The first-order chi connectivity index (χ1) is 35.0. The highest BCUT2D eigenvalue weighted by molar-refractivity contribution is 9.11. The lowest BCUT2D eigenvalue weighted by Gasteiger charge is -2.38. The van der Waals surface area contributed by atoms with Crippen molar-refractivity contribution < 1.29 is 19.1 Å². The number of rotatable bonds is 6. The van der Waals surface area contributed by atoms with Crippen LogP contribution in [0, 0.1) is 23.7 Å². The molecule has 2 atom stereocenters. The number of halogens is 6. The predicted octanol–water partition coefficient (Wildman–Crippen LogP) is 13.9. The summed E-state index contributed by atoms with van der Waals surface area (Å²) in [5, 5.41) is 4.91. The summed E-state index contributed by atoms with van der Waals surface area (Å²) in [6.07, 6.45) is 16.5. The van der Waals surface area contributed by atoms with E-state index in [0.29, 0.717) is 55.5 Å². The van der Waals surface area contributed by atoms with Gasteiger partial charge in [-0.2, -0.15) is 0 Å². The number of hydrogen-bond acceptors (Lipinski definition) is 7. The molecule has 0 radical (unpaired) electrons. The molecule has 4 fully saturated rings. The summed E-state index contributed by atoms with van der Waals surface area (Å²) >= 11 is 27.8. The zero-order valence-electron chi connectivity index (χ0n) is 42.3. The van der Waals surface area contributed by atoms with Crippen LogP contribution in [0.4, 0.5) is 4.79 Å². The van der Waals surface area contributed by atoms with Gasteiger partial charge in [0.2, 0.25) is 11.8 Å². The van der Waals surface area contributed by atoms with Crippen molar-refractivity contribution in [1.82, 2.24) is 30.0 Å². The largest absolute Gasteiger partial charge is 0.444 e. The molecule has 2 aromatic carbocycles. The summed E-state index contributed by atoms with van der Waals surface area (Å²) < 4.78 is 9.56. The van der Waals surface area contributed by atoms with Gasteiger partial charge in [0.05, 0.1) is 21.4 Å². The number of carbonyl (C=O) groups is 3. The molecule has 73 heavy (non-hydrogen) atoms. The van der Waals surface area contributed by atoms with E-state index < -0.39 is 5.60 Å². The molecule has 4 aromatic rings. The molecule has 0 saturated carbocycles. The third-order valence-corrected chi connectivity index (χ3v) is 20.1. The fraction of sp³-hybridized carbons (Fsp3) is 0.561. The molecule has 16 heteroatoms. The van der Waals surface area contributed by atoms with Gasteiger partial charge < -0.3 is 24.8 Å². The van der Waals surface area contributed by atoms with Gasteiger partial charge in [-0.15, -0.1) is 0 Å². The quantitative estimate of drug-likeness (QED) is 0.205. The standard InChI is InChI=1S/C31H38Br2ClN3O3.C26H30Br2ClN3O/c1-31(2,3)40-30(39)37-12-8-19(9-13-37)16-26(38)36-14-10-20(11-15-36)27-23-6-7-25(34)28(33)24(23)5-4-21-17-22(32)18-35-29(21)27;27-19-14-18-1-2-21-20(3-4-22(29)25(21)28)24(26(18)31-15-19)17-7-11-32(12-8-17)23(33)13-16-5-9-30-10-6-16/h6-7,17-20,27H,4-5,8-16H2,1-3H3;3-4,14-17,24,30H,1-2,5-13H2. The summed E-state index contributed by atoms with van der Waals surface area (Å²) in [6.45, 7) is 12.3. The fourth-order valence-corrected chi connectivity index (χ4v) is 14.7. The molecule has 3 amide bonds. The Bertz CT molecular complexity index is 2660. The van der Waals surface area contributed by atoms with Gasteiger partial charge in [0.25, 0.3) is 0 Å². The van der Waals surface area contributed by atoms with Crippen molar-refractivity contribution in [3.63, 3.8) is 0 Å². The number of aryl methyl sites for hydroxylation is 2. The Morgan fingerprint density at radius 2 is 1.01 bits per heavy atom. The van der Waals surface area contributed by atoms with Crippen molar-refractivity contribution >= 4 is 105 Å². The Labute approximate surface area is 475 Å². The molecular formula is C57H68Br4Cl2N6O4. The van der Waals surface area contributed by atoms with Crippen LogP contribution in [0.25, 0.3) is 0 Å². The summed E-state index contributed by atoms with van der Waals surface area (Å²) in [5.74, 6) is 2.73. The van der Waals surface area contributed by atoms with Crippen molar-refractivity contribution in [1.29, 1.82) is 0 Å². The topological polar surface area (TPSA) is 108 Å². The van der Waals surface area contributed by atoms with Crippen LogP contribution in [0.5, 0.6) is 0 Å². The van der Waals surface area contributed by atoms with Gasteiger partial charge in [-0.3, -0.25) is 19.6 Å². The first kappa shape index (κ1) is 55.2. The lowest BCUT2D eigenvalue weighted by molar-refractivity contribution is -0.134. The van der Waals surface area contributed by atoms with Crippen LogP contribution in [0.15, 0.2) is 66.7 Å². The van der Waals surface area contributed by atoms with Crippen LogP contribution < -0.4 is 5.32 Å². The molecule has 0 spiro atoms. The highest BCUT2D eigenvalue weighted by Crippen LogP contribution is 2.48. The molecule has 10 nitrogen and oxygen atoms in total. The van der Waals surface area contributed by atoms with Crippen LogP contribution >= 0.6 is 86.9 Å². The van der Waals surface area contributed by atoms with E-state index in [-0.39, 0.29) is 23.8 Å². The second-order valence-electron chi connectivity index (χ2n) is 22.2. The summed E-state index contributed by atoms with van der Waals surface area (Å²) in [7, 11) is 0. The van der Waals surface area contributed by atoms with Crippen molar-refractivity contribution in [2.24, 2.45) is 23.7 Å². The summed E-state index contributed by atoms with van der Waals surface area (Å²) in [4.78, 5) is 54.5. The number of hydrogen-bond donors (Lipinski definition) is 1. The number of ether oxygens (including phenoxy) is 1. The maximum absolute atomic E-state index is 13.3. The number of nitrogens with one attached hydrogen (secondary N) is 1. The number of pyridine rings is 2. The zero-order valence-corrected chi connectivity index (χ0v) is 50.1. The molecule has 2 aromatic heterocycles. The normalized spacial score (nSPS) is 21.1. The summed E-state index contributed by atoms with van der Waals surface area (Å²) in [6, 6.07) is 12.8. The summed E-state index contributed by atoms with van der Waals surface area (Å²) in [5.41, 5.74) is 9.73. The average molecular weight is 1290 g/mol. The van der Waals surface area contributed by atoms with E-state index >= 15 is 0 Å². The highest BCUT2D eigenvalue weighted by Gasteiger charge is 2.39. The van der Waals surface area contributed by atoms with Gasteiger partial charge in [-0.25, -0.2) is 4.79 Å². The molecule has 392 valence electrons. The number of likely N-dealkylation sites (tertiary alicyclic amines) is 3. The number of amides is 3. The SMILES string of the molecule is CC(C)(C)OC(=O)N1CCC(CC(=O)N2CCC(C3c4ccc(Cl)c(Br)c4CCc4cc(Br)cnc43)CC2)CC1.O=C(CC1CCNCC1)N1CCC(C2c3ccc(Cl)c(Br)c3CCc3cc(Br)cnc32)CC1. The molecule has 4 saturated heterocycles. The average Bonchev–Trinajstić information content (AvgIpc) is 3.64. The monoisotopic (exact) mass is 1290 g/mol. The highest BCUT2D eigenvalue weighted by atomic mass is 79.9. The van der Waals surface area contributed by atoms with Crippen LogP contribution in [0.3, 0.4) is 0 Å². The molecule has 2 aliphatic carbocycles. The molecule has 6 aliphatic rings. The van der Waals surface area contributed by atoms with Gasteiger partial charge in [-0.1, -0.05) is 35.3 Å². The van der Waals surface area contributed by atoms with Crippen molar-refractivity contribution in [3.05, 3.63) is 121 Å². The Morgan fingerprint density at radius 1 is 0.603 bits per heavy atom. The van der Waals surface area contributed by atoms with Crippen LogP contribution in [0.2, 0.25) is 10.0 Å². The minimum absolute atomic E-state index is 0.184. The minimum atomic E-state index is -0.493. The van der Waals surface area contributed by atoms with E-state index in [1.807, 2.05) is 45.3 Å². The molecule has 6 heterocycles. The van der Waals surface area contributed by atoms with Crippen molar-refractivity contribution in [2.45, 2.75) is 128 Å². The number of aromatic nitrogens is 2. The Morgan fingerprint density at radius 3 is 1.44 bits per heavy atom. The van der Waals surface area contributed by atoms with Crippen molar-refractivity contribution in [2.75, 3.05) is 52.4 Å². The van der Waals surface area contributed by atoms with Gasteiger partial charge in [-0.05, 0) is 256 Å². The third-order valence-electron chi connectivity index (χ3n) is 16.3. The van der Waals surface area contributed by atoms with Crippen LogP contribution in [-0.4, -0.2) is 101 Å². The van der Waals surface area contributed by atoms with Gasteiger partial charge in [0.15, 0.2) is 0 Å². The van der Waals surface area contributed by atoms with E-state index in [0.717, 1.165) is 150 Å². The number of piperidine rings is 4. The first-order valence-corrected chi connectivity index (χ1v) is 30.4. The number of nitrogens with zero attached hydrogens (tertiary/aromatic N) is 5. The zero-order chi connectivity index (χ0) is 51.6. The van der Waals surface area contributed by atoms with E-state index in [1.165, 1.54) is 39.1 Å². The van der Waals surface area contributed by atoms with Gasteiger partial charge >= 0.3 is 6.09 Å².